The van der Waals surface area contributed by atoms with Crippen LogP contribution in [0.2, 0.25) is 10.0 Å². The zero-order valence-electron chi connectivity index (χ0n) is 12.7. The van der Waals surface area contributed by atoms with Crippen LogP contribution in [0.3, 0.4) is 0 Å². The largest absolute Gasteiger partial charge is 0.338 e. The zero-order chi connectivity index (χ0) is 17.4. The Bertz CT molecular complexity index is 1110. The van der Waals surface area contributed by atoms with E-state index in [0.717, 1.165) is 10.9 Å². The molecule has 0 atom stereocenters. The quantitative estimate of drug-likeness (QED) is 0.402. The Kier molecular flexibility index (Phi) is 4.33. The average Bonchev–Trinajstić information content (AvgIpc) is 2.97. The summed E-state index contributed by atoms with van der Waals surface area (Å²) in [6.45, 7) is 0. The molecule has 0 saturated heterocycles. The van der Waals surface area contributed by atoms with Crippen LogP contribution in [0.4, 0.5) is 0 Å². The van der Waals surface area contributed by atoms with E-state index in [1.54, 1.807) is 18.2 Å². The molecule has 5 nitrogen and oxygen atoms in total. The fourth-order valence-corrected chi connectivity index (χ4v) is 3.67. The molecule has 4 aromatic rings. The highest BCUT2D eigenvalue weighted by molar-refractivity contribution is 7.99. The summed E-state index contributed by atoms with van der Waals surface area (Å²) in [5, 5.41) is 10.6. The smallest absolute Gasteiger partial charge is 0.211 e. The van der Waals surface area contributed by atoms with Gasteiger partial charge < -0.3 is 4.98 Å². The molecule has 2 aromatic heterocycles. The van der Waals surface area contributed by atoms with E-state index in [9.17, 15) is 4.79 Å². The number of aromatic amines is 1. The van der Waals surface area contributed by atoms with Gasteiger partial charge in [0.2, 0.25) is 5.16 Å². The van der Waals surface area contributed by atoms with Gasteiger partial charge in [-0.2, -0.15) is 0 Å². The number of hydrogen-bond donors (Lipinski definition) is 1. The van der Waals surface area contributed by atoms with Crippen molar-refractivity contribution in [3.63, 3.8) is 0 Å². The molecule has 0 fully saturated rings. The van der Waals surface area contributed by atoms with Crippen LogP contribution >= 0.6 is 35.0 Å². The highest BCUT2D eigenvalue weighted by atomic mass is 35.5. The van der Waals surface area contributed by atoms with E-state index in [1.165, 1.54) is 11.8 Å². The Morgan fingerprint density at radius 3 is 2.80 bits per heavy atom. The Balaban J connectivity index is 1.56. The average molecular weight is 389 g/mol. The maximum Gasteiger partial charge on any atom is 0.211 e. The number of thioether (sulfide) groups is 1. The Morgan fingerprint density at radius 1 is 1.12 bits per heavy atom. The van der Waals surface area contributed by atoms with Crippen LogP contribution in [-0.2, 0) is 0 Å². The molecule has 0 bridgehead atoms. The topological polar surface area (TPSA) is 71.5 Å². The normalized spacial score (nSPS) is 11.3. The summed E-state index contributed by atoms with van der Waals surface area (Å²) in [7, 11) is 0. The molecule has 0 aliphatic carbocycles. The van der Waals surface area contributed by atoms with Gasteiger partial charge in [0.1, 0.15) is 5.52 Å². The molecular weight excluding hydrogens is 379 g/mol. The van der Waals surface area contributed by atoms with Crippen LogP contribution in [-0.4, -0.2) is 31.7 Å². The second-order valence-corrected chi connectivity index (χ2v) is 7.08. The first-order valence-corrected chi connectivity index (χ1v) is 9.08. The van der Waals surface area contributed by atoms with Crippen molar-refractivity contribution in [2.24, 2.45) is 0 Å². The second kappa shape index (κ2) is 6.63. The van der Waals surface area contributed by atoms with Gasteiger partial charge in [0.15, 0.2) is 11.4 Å². The number of hydrogen-bond acceptors (Lipinski definition) is 5. The second-order valence-electron chi connectivity index (χ2n) is 5.30. The van der Waals surface area contributed by atoms with Gasteiger partial charge in [0, 0.05) is 21.5 Å². The number of rotatable bonds is 4. The minimum atomic E-state index is -0.119. The lowest BCUT2D eigenvalue weighted by molar-refractivity contribution is 0.102. The van der Waals surface area contributed by atoms with Gasteiger partial charge in [-0.3, -0.25) is 4.79 Å². The molecule has 0 saturated carbocycles. The van der Waals surface area contributed by atoms with Crippen molar-refractivity contribution in [2.45, 2.75) is 5.16 Å². The summed E-state index contributed by atoms with van der Waals surface area (Å²) < 4.78 is 0. The first-order valence-electron chi connectivity index (χ1n) is 7.34. The third kappa shape index (κ3) is 3.20. The highest BCUT2D eigenvalue weighted by Gasteiger charge is 2.14. The van der Waals surface area contributed by atoms with Gasteiger partial charge in [-0.25, -0.2) is 4.98 Å². The molecule has 0 aliphatic rings. The molecule has 0 unspecified atom stereocenters. The summed E-state index contributed by atoms with van der Waals surface area (Å²) in [5.41, 5.74) is 2.74. The standard InChI is InChI=1S/C17H10Cl2N4OS/c18-9-5-6-10(12(19)7-9)14(24)8-25-17-21-16-15(22-23-17)11-3-1-2-4-13(11)20-16/h1-7H,8H2,(H,20,21,23). The van der Waals surface area contributed by atoms with E-state index in [0.29, 0.717) is 31.9 Å². The molecule has 1 N–H and O–H groups in total. The van der Waals surface area contributed by atoms with Crippen LogP contribution < -0.4 is 0 Å². The van der Waals surface area contributed by atoms with Gasteiger partial charge in [0.25, 0.3) is 0 Å². The van der Waals surface area contributed by atoms with Gasteiger partial charge in [-0.15, -0.1) is 10.2 Å². The molecule has 4 rings (SSSR count). The molecule has 2 aromatic carbocycles. The number of halogens is 2. The third-order valence-electron chi connectivity index (χ3n) is 3.67. The number of H-pyrrole nitrogens is 1. The SMILES string of the molecule is O=C(CSc1nnc2c(n1)[nH]c1ccccc12)c1ccc(Cl)cc1Cl. The predicted molar refractivity (Wildman–Crippen MR) is 101 cm³/mol. The summed E-state index contributed by atoms with van der Waals surface area (Å²) in [4.78, 5) is 20.0. The first-order chi connectivity index (χ1) is 12.1. The number of benzene rings is 2. The van der Waals surface area contributed by atoms with Gasteiger partial charge in [-0.1, -0.05) is 53.2 Å². The van der Waals surface area contributed by atoms with E-state index in [4.69, 9.17) is 23.2 Å². The minimum absolute atomic E-state index is 0.119. The van der Waals surface area contributed by atoms with Crippen molar-refractivity contribution < 1.29 is 4.79 Å². The third-order valence-corrected chi connectivity index (χ3v) is 5.05. The van der Waals surface area contributed by atoms with E-state index in [2.05, 4.69) is 20.2 Å². The number of para-hydroxylation sites is 1. The number of aromatic nitrogens is 4. The Hall–Kier alpha value is -2.15. The van der Waals surface area contributed by atoms with Crippen LogP contribution in [0.15, 0.2) is 47.6 Å². The Labute approximate surface area is 156 Å². The van der Waals surface area contributed by atoms with Crippen LogP contribution in [0.5, 0.6) is 0 Å². The molecule has 0 radical (unpaired) electrons. The van der Waals surface area contributed by atoms with Crippen molar-refractivity contribution in [2.75, 3.05) is 5.75 Å². The summed E-state index contributed by atoms with van der Waals surface area (Å²) in [6, 6.07) is 12.6. The van der Waals surface area contributed by atoms with Crippen molar-refractivity contribution in [3.05, 3.63) is 58.1 Å². The number of fused-ring (bicyclic) bond motifs is 3. The maximum atomic E-state index is 12.3. The molecule has 25 heavy (non-hydrogen) atoms. The first kappa shape index (κ1) is 16.3. The zero-order valence-corrected chi connectivity index (χ0v) is 15.0. The van der Waals surface area contributed by atoms with E-state index in [-0.39, 0.29) is 11.5 Å². The molecule has 0 aliphatic heterocycles. The van der Waals surface area contributed by atoms with Crippen LogP contribution in [0.25, 0.3) is 22.1 Å². The predicted octanol–water partition coefficient (Wildman–Crippen LogP) is 4.79. The van der Waals surface area contributed by atoms with E-state index >= 15 is 0 Å². The van der Waals surface area contributed by atoms with Crippen molar-refractivity contribution in [1.82, 2.24) is 20.2 Å². The summed E-state index contributed by atoms with van der Waals surface area (Å²) in [6.07, 6.45) is 0. The monoisotopic (exact) mass is 388 g/mol. The van der Waals surface area contributed by atoms with Gasteiger partial charge in [0.05, 0.1) is 10.8 Å². The lowest BCUT2D eigenvalue weighted by atomic mass is 10.1. The highest BCUT2D eigenvalue weighted by Crippen LogP contribution is 2.25. The molecule has 124 valence electrons. The number of carbonyl (C=O) groups excluding carboxylic acids is 1. The van der Waals surface area contributed by atoms with E-state index in [1.807, 2.05) is 24.3 Å². The maximum absolute atomic E-state index is 12.3. The van der Waals surface area contributed by atoms with E-state index < -0.39 is 0 Å². The van der Waals surface area contributed by atoms with Crippen molar-refractivity contribution in [3.8, 4) is 0 Å². The number of nitrogens with one attached hydrogen (secondary N) is 1. The van der Waals surface area contributed by atoms with Gasteiger partial charge in [-0.05, 0) is 24.3 Å². The fourth-order valence-electron chi connectivity index (χ4n) is 2.49. The number of nitrogens with zero attached hydrogens (tertiary/aromatic N) is 3. The number of Topliss-reactive ketones (excluding diaryl/α,β-unsaturated/α-hetero) is 1. The number of carbonyl (C=O) groups is 1. The Morgan fingerprint density at radius 2 is 1.96 bits per heavy atom. The van der Waals surface area contributed by atoms with Crippen molar-refractivity contribution >= 4 is 62.8 Å². The fraction of sp³-hybridized carbons (Fsp3) is 0.0588. The van der Waals surface area contributed by atoms with Gasteiger partial charge >= 0.3 is 0 Å². The molecule has 0 spiro atoms. The van der Waals surface area contributed by atoms with Crippen molar-refractivity contribution in [1.29, 1.82) is 0 Å². The molecular formula is C17H10Cl2N4OS. The van der Waals surface area contributed by atoms with Crippen LogP contribution in [0, 0.1) is 0 Å². The lowest BCUT2D eigenvalue weighted by Gasteiger charge is -2.03. The molecule has 8 heteroatoms. The minimum Gasteiger partial charge on any atom is -0.338 e. The lowest BCUT2D eigenvalue weighted by Crippen LogP contribution is -2.04. The number of ketones is 1. The summed E-state index contributed by atoms with van der Waals surface area (Å²) in [5.74, 6) is 0.0430. The van der Waals surface area contributed by atoms with Crippen LogP contribution in [0.1, 0.15) is 10.4 Å². The molecule has 0 amide bonds. The molecule has 2 heterocycles. The summed E-state index contributed by atoms with van der Waals surface area (Å²) >= 11 is 13.1.